The molecule has 0 saturated carbocycles. The van der Waals surface area contributed by atoms with E-state index < -0.39 is 16.8 Å². The molecule has 2 N–H and O–H groups in total. The highest BCUT2D eigenvalue weighted by atomic mass is 35.5. The molecule has 2 aromatic rings. The molecule has 114 valence electrons. The van der Waals surface area contributed by atoms with Gasteiger partial charge in [0.1, 0.15) is 6.54 Å². The summed E-state index contributed by atoms with van der Waals surface area (Å²) >= 11 is 5.86. The topological polar surface area (TPSA) is 127 Å². The summed E-state index contributed by atoms with van der Waals surface area (Å²) in [6.45, 7) is -0.369. The predicted octanol–water partition coefficient (Wildman–Crippen LogP) is 1.78. The fourth-order valence-electron chi connectivity index (χ4n) is 1.61. The number of halogens is 1. The molecule has 0 aliphatic carbocycles. The fourth-order valence-corrected chi connectivity index (χ4v) is 1.84. The number of hydrogen-bond acceptors (Lipinski definition) is 5. The Kier molecular flexibility index (Phi) is 4.37. The fraction of sp³-hybridized carbons (Fsp3) is 0.0833. The van der Waals surface area contributed by atoms with Gasteiger partial charge in [0.2, 0.25) is 0 Å². The number of nitro benzene ring substituents is 1. The maximum absolute atomic E-state index is 12.0. The van der Waals surface area contributed by atoms with Gasteiger partial charge in [-0.15, -0.1) is 0 Å². The van der Waals surface area contributed by atoms with Crippen LogP contribution in [-0.4, -0.2) is 31.7 Å². The summed E-state index contributed by atoms with van der Waals surface area (Å²) < 4.78 is 1.09. The van der Waals surface area contributed by atoms with E-state index in [1.54, 1.807) is 0 Å². The number of nitro groups is 1. The smallest absolute Gasteiger partial charge is 0.325 e. The van der Waals surface area contributed by atoms with Gasteiger partial charge in [0.05, 0.1) is 15.6 Å². The van der Waals surface area contributed by atoms with Crippen molar-refractivity contribution in [3.63, 3.8) is 0 Å². The Balaban J connectivity index is 2.13. The van der Waals surface area contributed by atoms with Crippen molar-refractivity contribution in [2.24, 2.45) is 0 Å². The molecule has 0 unspecified atom stereocenters. The molecule has 10 heteroatoms. The van der Waals surface area contributed by atoms with E-state index in [1.807, 2.05) is 0 Å². The highest BCUT2D eigenvalue weighted by Crippen LogP contribution is 2.26. The number of hydrogen-bond donors (Lipinski definition) is 2. The van der Waals surface area contributed by atoms with Crippen molar-refractivity contribution in [3.05, 3.63) is 51.3 Å². The Labute approximate surface area is 128 Å². The normalized spacial score (nSPS) is 10.2. The zero-order valence-electron chi connectivity index (χ0n) is 10.9. The van der Waals surface area contributed by atoms with Gasteiger partial charge in [-0.1, -0.05) is 11.6 Å². The van der Waals surface area contributed by atoms with Gasteiger partial charge in [0.25, 0.3) is 11.6 Å². The number of aromatic nitrogens is 2. The average molecular weight is 325 g/mol. The second kappa shape index (κ2) is 6.22. The molecule has 0 saturated heterocycles. The summed E-state index contributed by atoms with van der Waals surface area (Å²) in [4.78, 5) is 32.5. The number of nitrogens with one attached hydrogen (secondary N) is 1. The van der Waals surface area contributed by atoms with E-state index in [2.05, 4.69) is 10.4 Å². The van der Waals surface area contributed by atoms with Gasteiger partial charge in [0, 0.05) is 18.3 Å². The molecule has 1 heterocycles. The molecule has 2 rings (SSSR count). The van der Waals surface area contributed by atoms with Crippen LogP contribution in [0.1, 0.15) is 10.5 Å². The van der Waals surface area contributed by atoms with E-state index >= 15 is 0 Å². The molecular weight excluding hydrogens is 316 g/mol. The summed E-state index contributed by atoms with van der Waals surface area (Å²) in [6, 6.07) is 4.95. The number of rotatable bonds is 5. The minimum absolute atomic E-state index is 0.00401. The van der Waals surface area contributed by atoms with E-state index in [1.165, 1.54) is 24.4 Å². The lowest BCUT2D eigenvalue weighted by Gasteiger charge is -2.05. The molecule has 0 aliphatic rings. The monoisotopic (exact) mass is 324 g/mol. The SMILES string of the molecule is O=C(O)Cn1ccc(C(=O)Nc2ccc([N+](=O)[O-])cc2Cl)n1. The molecule has 22 heavy (non-hydrogen) atoms. The van der Waals surface area contributed by atoms with Crippen molar-refractivity contribution < 1.29 is 19.6 Å². The van der Waals surface area contributed by atoms with Crippen LogP contribution < -0.4 is 5.32 Å². The summed E-state index contributed by atoms with van der Waals surface area (Å²) in [5.41, 5.74) is -0.0190. The van der Waals surface area contributed by atoms with Gasteiger partial charge in [-0.3, -0.25) is 24.4 Å². The number of carbonyl (C=O) groups excluding carboxylic acids is 1. The van der Waals surface area contributed by atoms with E-state index in [0.29, 0.717) is 0 Å². The van der Waals surface area contributed by atoms with Crippen LogP contribution in [0, 0.1) is 10.1 Å². The van der Waals surface area contributed by atoms with Crippen LogP contribution in [0.25, 0.3) is 0 Å². The lowest BCUT2D eigenvalue weighted by atomic mass is 10.2. The third kappa shape index (κ3) is 3.58. The van der Waals surface area contributed by atoms with Gasteiger partial charge in [-0.25, -0.2) is 0 Å². The zero-order valence-corrected chi connectivity index (χ0v) is 11.6. The molecule has 0 aliphatic heterocycles. The number of carbonyl (C=O) groups is 2. The van der Waals surface area contributed by atoms with E-state index in [-0.39, 0.29) is 28.6 Å². The van der Waals surface area contributed by atoms with Crippen LogP contribution in [0.4, 0.5) is 11.4 Å². The maximum atomic E-state index is 12.0. The van der Waals surface area contributed by atoms with Gasteiger partial charge in [0.15, 0.2) is 5.69 Å². The number of non-ortho nitro benzene ring substituents is 1. The van der Waals surface area contributed by atoms with Crippen molar-refractivity contribution in [2.45, 2.75) is 6.54 Å². The number of aliphatic carboxylic acids is 1. The van der Waals surface area contributed by atoms with Gasteiger partial charge >= 0.3 is 5.97 Å². The highest BCUT2D eigenvalue weighted by Gasteiger charge is 2.14. The Bertz CT molecular complexity index is 758. The average Bonchev–Trinajstić information content (AvgIpc) is 2.88. The first kappa shape index (κ1) is 15.4. The molecule has 0 spiro atoms. The Morgan fingerprint density at radius 1 is 1.41 bits per heavy atom. The first-order chi connectivity index (χ1) is 10.4. The standard InChI is InChI=1S/C12H9ClN4O5/c13-8-5-7(17(21)22)1-2-9(8)14-12(20)10-3-4-16(15-10)6-11(18)19/h1-5H,6H2,(H,14,20)(H,18,19). The molecule has 0 radical (unpaired) electrons. The minimum atomic E-state index is -1.09. The number of anilines is 1. The van der Waals surface area contributed by atoms with Crippen LogP contribution in [-0.2, 0) is 11.3 Å². The summed E-state index contributed by atoms with van der Waals surface area (Å²) in [5.74, 6) is -1.70. The summed E-state index contributed by atoms with van der Waals surface area (Å²) in [7, 11) is 0. The molecular formula is C12H9ClN4O5. The predicted molar refractivity (Wildman–Crippen MR) is 75.9 cm³/mol. The number of benzene rings is 1. The zero-order chi connectivity index (χ0) is 16.3. The molecule has 1 amide bonds. The van der Waals surface area contributed by atoms with E-state index in [4.69, 9.17) is 16.7 Å². The Hall–Kier alpha value is -2.94. The van der Waals surface area contributed by atoms with E-state index in [0.717, 1.165) is 10.7 Å². The van der Waals surface area contributed by atoms with Crippen LogP contribution in [0.2, 0.25) is 5.02 Å². The van der Waals surface area contributed by atoms with Crippen molar-refractivity contribution in [2.75, 3.05) is 5.32 Å². The molecule has 0 bridgehead atoms. The van der Waals surface area contributed by atoms with Gasteiger partial charge in [-0.2, -0.15) is 5.10 Å². The van der Waals surface area contributed by atoms with Crippen molar-refractivity contribution in [1.82, 2.24) is 9.78 Å². The van der Waals surface area contributed by atoms with Gasteiger partial charge < -0.3 is 10.4 Å². The second-order valence-electron chi connectivity index (χ2n) is 4.17. The largest absolute Gasteiger partial charge is 0.480 e. The Morgan fingerprint density at radius 2 is 2.14 bits per heavy atom. The lowest BCUT2D eigenvalue weighted by Crippen LogP contribution is -2.15. The van der Waals surface area contributed by atoms with Crippen molar-refractivity contribution >= 4 is 34.9 Å². The maximum Gasteiger partial charge on any atom is 0.325 e. The second-order valence-corrected chi connectivity index (χ2v) is 4.57. The third-order valence-corrected chi connectivity index (χ3v) is 2.89. The van der Waals surface area contributed by atoms with E-state index in [9.17, 15) is 19.7 Å². The summed E-state index contributed by atoms with van der Waals surface area (Å²) in [5, 5.41) is 25.5. The van der Waals surface area contributed by atoms with Crippen molar-refractivity contribution in [1.29, 1.82) is 0 Å². The van der Waals surface area contributed by atoms with Crippen LogP contribution in [0.15, 0.2) is 30.5 Å². The lowest BCUT2D eigenvalue weighted by molar-refractivity contribution is -0.384. The van der Waals surface area contributed by atoms with Crippen LogP contribution >= 0.6 is 11.6 Å². The number of nitrogens with zero attached hydrogens (tertiary/aromatic N) is 3. The highest BCUT2D eigenvalue weighted by molar-refractivity contribution is 6.34. The molecule has 0 atom stereocenters. The first-order valence-corrected chi connectivity index (χ1v) is 6.25. The Morgan fingerprint density at radius 3 is 2.73 bits per heavy atom. The molecule has 1 aromatic heterocycles. The molecule has 9 nitrogen and oxygen atoms in total. The minimum Gasteiger partial charge on any atom is -0.480 e. The molecule has 0 fully saturated rings. The number of carboxylic acids is 1. The quantitative estimate of drug-likeness (QED) is 0.637. The van der Waals surface area contributed by atoms with Crippen LogP contribution in [0.5, 0.6) is 0 Å². The van der Waals surface area contributed by atoms with Gasteiger partial charge in [-0.05, 0) is 12.1 Å². The first-order valence-electron chi connectivity index (χ1n) is 5.87. The third-order valence-electron chi connectivity index (χ3n) is 2.58. The summed E-state index contributed by atoms with van der Waals surface area (Å²) in [6.07, 6.45) is 1.35. The van der Waals surface area contributed by atoms with Crippen LogP contribution in [0.3, 0.4) is 0 Å². The number of carboxylic acid groups (broad SMARTS) is 1. The number of amides is 1. The molecule has 1 aromatic carbocycles. The van der Waals surface area contributed by atoms with Crippen molar-refractivity contribution in [3.8, 4) is 0 Å².